The molecule has 2 fully saturated rings. The highest BCUT2D eigenvalue weighted by molar-refractivity contribution is 7.92. The van der Waals surface area contributed by atoms with Crippen LogP contribution in [-0.2, 0) is 33.5 Å². The largest absolute Gasteiger partial charge is 0.490 e. The Labute approximate surface area is 349 Å². The van der Waals surface area contributed by atoms with Crippen LogP contribution in [0.25, 0.3) is 0 Å². The van der Waals surface area contributed by atoms with E-state index in [4.69, 9.17) is 25.8 Å². The smallest absolute Gasteiger partial charge is 0.286 e. The molecule has 2 aromatic carbocycles. The molecule has 8 rings (SSSR count). The molecule has 6 atom stereocenters. The van der Waals surface area contributed by atoms with Crippen molar-refractivity contribution in [3.05, 3.63) is 82.0 Å². The van der Waals surface area contributed by atoms with Gasteiger partial charge in [-0.05, 0) is 97.7 Å². The minimum Gasteiger partial charge on any atom is -0.490 e. The molecule has 3 aromatic rings. The standard InChI is InChI=1S/C43H53ClF2N6O6S/c1-27-6-4-8-37(57-17-16-51-20-31(21-51)39(45)46)33-12-9-30(33)22-52-25-43(15-5-7-28-18-32(44)11-13-35(28)43)26-58-38-14-10-29(19-36(38)52)40(53)48-59(55,24-27)49-41(54)34-23-50(2)47-42(34)56-3/h4,8,10-11,13-14,18-19,23,27,30-31,33,37,39H,5-7,9,12,15-17,20-22,24-26H2,1-3H3,(H,48,49,53,54,55)/b8-4+/t27-,30-,33+,37-,43-,59-/m0/s1. The van der Waals surface area contributed by atoms with Gasteiger partial charge >= 0.3 is 0 Å². The number of amides is 2. The topological polar surface area (TPSA) is 128 Å². The van der Waals surface area contributed by atoms with Crippen molar-refractivity contribution < 1.29 is 36.8 Å². The number of nitrogens with one attached hydrogen (secondary N) is 1. The average Bonchev–Trinajstić information content (AvgIpc) is 3.48. The minimum absolute atomic E-state index is 0.0547. The Kier molecular flexibility index (Phi) is 12.1. The molecule has 2 aliphatic carbocycles. The lowest BCUT2D eigenvalue weighted by molar-refractivity contribution is -0.0553. The van der Waals surface area contributed by atoms with Gasteiger partial charge in [0.2, 0.25) is 12.3 Å². The van der Waals surface area contributed by atoms with Crippen LogP contribution in [0.15, 0.2) is 59.1 Å². The summed E-state index contributed by atoms with van der Waals surface area (Å²) in [6, 6.07) is 11.4. The fourth-order valence-electron chi connectivity index (χ4n) is 9.54. The number of rotatable bonds is 8. The highest BCUT2D eigenvalue weighted by Crippen LogP contribution is 2.47. The zero-order chi connectivity index (χ0) is 41.5. The van der Waals surface area contributed by atoms with Crippen molar-refractivity contribution in [2.75, 3.05) is 63.7 Å². The van der Waals surface area contributed by atoms with Crippen LogP contribution < -0.4 is 19.1 Å². The lowest BCUT2D eigenvalue weighted by Gasteiger charge is -2.46. The first-order valence-corrected chi connectivity index (χ1v) is 22.7. The Hall–Kier alpha value is -4.05. The fraction of sp³-hybridized carbons (Fsp3) is 0.558. The van der Waals surface area contributed by atoms with E-state index in [9.17, 15) is 22.6 Å². The number of allylic oxidation sites excluding steroid dienone is 1. The van der Waals surface area contributed by atoms with Gasteiger partial charge in [-0.2, -0.15) is 0 Å². The number of carbonyl (C=O) groups excluding carboxylic acids is 2. The molecule has 12 nitrogen and oxygen atoms in total. The van der Waals surface area contributed by atoms with Crippen LogP contribution in [0.3, 0.4) is 0 Å². The molecule has 3 aliphatic heterocycles. The summed E-state index contributed by atoms with van der Waals surface area (Å²) in [6.45, 7) is 5.41. The van der Waals surface area contributed by atoms with Gasteiger partial charge in [0, 0.05) is 67.9 Å². The molecule has 1 N–H and O–H groups in total. The maximum absolute atomic E-state index is 14.8. The van der Waals surface area contributed by atoms with Crippen LogP contribution in [0.2, 0.25) is 5.02 Å². The number of hydrogen-bond donors (Lipinski definition) is 1. The molecule has 59 heavy (non-hydrogen) atoms. The molecule has 1 saturated heterocycles. The summed E-state index contributed by atoms with van der Waals surface area (Å²) >= 11 is 6.49. The normalized spacial score (nSPS) is 29.3. The van der Waals surface area contributed by atoms with Gasteiger partial charge in [0.1, 0.15) is 21.2 Å². The van der Waals surface area contributed by atoms with Gasteiger partial charge in [0.05, 0.1) is 37.9 Å². The molecule has 16 heteroatoms. The maximum atomic E-state index is 14.8. The molecule has 2 bridgehead atoms. The zero-order valence-electron chi connectivity index (χ0n) is 33.8. The van der Waals surface area contributed by atoms with Crippen molar-refractivity contribution in [2.45, 2.75) is 63.4 Å². The number of aromatic nitrogens is 2. The first kappa shape index (κ1) is 41.7. The van der Waals surface area contributed by atoms with Crippen molar-refractivity contribution >= 4 is 39.0 Å². The van der Waals surface area contributed by atoms with Crippen LogP contribution in [0.5, 0.6) is 11.6 Å². The van der Waals surface area contributed by atoms with Gasteiger partial charge in [-0.15, -0.1) is 9.46 Å². The number of anilines is 1. The molecule has 1 saturated carbocycles. The van der Waals surface area contributed by atoms with E-state index >= 15 is 0 Å². The third kappa shape index (κ3) is 8.89. The molecule has 2 amide bonds. The summed E-state index contributed by atoms with van der Waals surface area (Å²) in [7, 11) is -0.650. The third-order valence-corrected chi connectivity index (χ3v) is 15.0. The van der Waals surface area contributed by atoms with E-state index in [1.807, 2.05) is 24.0 Å². The lowest BCUT2D eigenvalue weighted by Crippen LogP contribution is -2.51. The van der Waals surface area contributed by atoms with Gasteiger partial charge in [0.25, 0.3) is 11.8 Å². The van der Waals surface area contributed by atoms with Crippen molar-refractivity contribution in [3.63, 3.8) is 0 Å². The molecule has 0 unspecified atom stereocenters. The van der Waals surface area contributed by atoms with Crippen LogP contribution in [-0.4, -0.2) is 102 Å². The third-order valence-electron chi connectivity index (χ3n) is 12.8. The summed E-state index contributed by atoms with van der Waals surface area (Å²) in [5.74, 6) is -1.21. The molecular weight excluding hydrogens is 802 g/mol. The highest BCUT2D eigenvalue weighted by atomic mass is 35.5. The fourth-order valence-corrected chi connectivity index (χ4v) is 11.6. The molecule has 1 aromatic heterocycles. The monoisotopic (exact) mass is 854 g/mol. The number of aryl methyl sites for hydroxylation is 2. The van der Waals surface area contributed by atoms with Gasteiger partial charge in [-0.1, -0.05) is 36.7 Å². The molecule has 0 radical (unpaired) electrons. The van der Waals surface area contributed by atoms with E-state index in [1.54, 1.807) is 25.2 Å². The van der Waals surface area contributed by atoms with E-state index in [1.165, 1.54) is 29.1 Å². The Morgan fingerprint density at radius 2 is 2.00 bits per heavy atom. The number of likely N-dealkylation sites (tertiary alicyclic amines) is 1. The summed E-state index contributed by atoms with van der Waals surface area (Å²) in [4.78, 5) is 32.1. The second kappa shape index (κ2) is 17.1. The van der Waals surface area contributed by atoms with E-state index in [0.717, 1.165) is 37.8 Å². The second-order valence-electron chi connectivity index (χ2n) is 17.1. The Morgan fingerprint density at radius 1 is 1.17 bits per heavy atom. The van der Waals surface area contributed by atoms with E-state index < -0.39 is 34.1 Å². The van der Waals surface area contributed by atoms with Gasteiger partial charge in [-0.3, -0.25) is 23.9 Å². The predicted molar refractivity (Wildman–Crippen MR) is 222 cm³/mol. The number of nitrogens with zero attached hydrogens (tertiary/aromatic N) is 5. The average molecular weight is 855 g/mol. The summed E-state index contributed by atoms with van der Waals surface area (Å²) < 4.78 is 68.0. The van der Waals surface area contributed by atoms with E-state index in [-0.39, 0.29) is 52.0 Å². The molecular formula is C43H53ClF2N6O6S. The maximum Gasteiger partial charge on any atom is 0.286 e. The van der Waals surface area contributed by atoms with E-state index in [2.05, 4.69) is 37.3 Å². The highest BCUT2D eigenvalue weighted by Gasteiger charge is 2.45. The molecule has 318 valence electrons. The number of alkyl halides is 2. The summed E-state index contributed by atoms with van der Waals surface area (Å²) in [5.41, 5.74) is 3.16. The van der Waals surface area contributed by atoms with Crippen molar-refractivity contribution in [3.8, 4) is 11.6 Å². The number of carbonyl (C=O) groups is 2. The SMILES string of the molecule is COc1nn(C)cc1C(=O)N[S@@]1(=O)=NC(=O)c2ccc3c(c2)N(C[C@@H]2CC[C@H]2[C@@H](OCCN2CC(C(F)F)C2)/C=C/C[C@H](C)C1)C[C@@]1(CCCc2cc(Cl)ccc21)CO3. The quantitative estimate of drug-likeness (QED) is 0.246. The van der Waals surface area contributed by atoms with E-state index in [0.29, 0.717) is 63.1 Å². The van der Waals surface area contributed by atoms with Crippen molar-refractivity contribution in [1.82, 2.24) is 19.4 Å². The number of fused-ring (bicyclic) bond motifs is 4. The van der Waals surface area contributed by atoms with Crippen LogP contribution in [0.4, 0.5) is 14.5 Å². The van der Waals surface area contributed by atoms with Crippen LogP contribution in [0, 0.1) is 23.7 Å². The molecule has 4 heterocycles. The number of benzene rings is 2. The van der Waals surface area contributed by atoms with Gasteiger partial charge in [-0.25, -0.2) is 13.0 Å². The lowest BCUT2D eigenvalue weighted by atomic mass is 9.68. The number of halogens is 3. The van der Waals surface area contributed by atoms with Crippen molar-refractivity contribution in [2.24, 2.45) is 35.1 Å². The second-order valence-corrected chi connectivity index (χ2v) is 19.5. The first-order chi connectivity index (χ1) is 28.3. The van der Waals surface area contributed by atoms with Crippen LogP contribution in [0.1, 0.15) is 70.9 Å². The number of methoxy groups -OCH3 is 1. The Morgan fingerprint density at radius 3 is 2.76 bits per heavy atom. The number of ether oxygens (including phenoxy) is 3. The molecule has 1 spiro atoms. The van der Waals surface area contributed by atoms with Gasteiger partial charge in [0.15, 0.2) is 0 Å². The number of hydrogen-bond acceptors (Lipinski definition) is 9. The molecule has 5 aliphatic rings. The Balaban J connectivity index is 1.15. The first-order valence-electron chi connectivity index (χ1n) is 20.6. The minimum atomic E-state index is -3.68. The van der Waals surface area contributed by atoms with Crippen molar-refractivity contribution in [1.29, 1.82) is 0 Å². The predicted octanol–water partition coefficient (Wildman–Crippen LogP) is 6.71. The summed E-state index contributed by atoms with van der Waals surface area (Å²) in [5, 5.41) is 4.86. The van der Waals surface area contributed by atoms with Gasteiger partial charge < -0.3 is 19.1 Å². The zero-order valence-corrected chi connectivity index (χ0v) is 35.4. The van der Waals surface area contributed by atoms with Crippen LogP contribution >= 0.6 is 11.6 Å². The summed E-state index contributed by atoms with van der Waals surface area (Å²) in [6.07, 6.45) is 8.32. The Bertz CT molecular complexity index is 2220.